The van der Waals surface area contributed by atoms with Gasteiger partial charge in [-0.3, -0.25) is 9.69 Å². The van der Waals surface area contributed by atoms with Crippen LogP contribution in [0.5, 0.6) is 0 Å². The van der Waals surface area contributed by atoms with Gasteiger partial charge < -0.3 is 4.74 Å². The number of nitrogens with zero attached hydrogens (tertiary/aromatic N) is 2. The number of carbonyl (C=O) groups is 2. The molecule has 2 heterocycles. The second kappa shape index (κ2) is 8.15. The van der Waals surface area contributed by atoms with E-state index in [1.165, 1.54) is 10.5 Å². The molecule has 2 saturated heterocycles. The Hall–Kier alpha value is -2.66. The van der Waals surface area contributed by atoms with Gasteiger partial charge in [0.15, 0.2) is 0 Å². The molecule has 0 aromatic heterocycles. The third-order valence-corrected chi connectivity index (χ3v) is 5.77. The Kier molecular flexibility index (Phi) is 5.44. The van der Waals surface area contributed by atoms with Gasteiger partial charge in [-0.15, -0.1) is 0 Å². The predicted octanol–water partition coefficient (Wildman–Crippen LogP) is 3.34. The monoisotopic (exact) mass is 378 g/mol. The third kappa shape index (κ3) is 3.94. The molecular formula is C23H26N2O3. The van der Waals surface area contributed by atoms with Crippen molar-refractivity contribution < 1.29 is 14.3 Å². The van der Waals surface area contributed by atoms with E-state index in [-0.39, 0.29) is 30.4 Å². The van der Waals surface area contributed by atoms with Gasteiger partial charge >= 0.3 is 6.09 Å². The maximum atomic E-state index is 13.3. The summed E-state index contributed by atoms with van der Waals surface area (Å²) in [6, 6.07) is 20.0. The van der Waals surface area contributed by atoms with Crippen LogP contribution in [0.4, 0.5) is 4.79 Å². The van der Waals surface area contributed by atoms with Gasteiger partial charge in [-0.1, -0.05) is 67.6 Å². The molecule has 2 aliphatic heterocycles. The van der Waals surface area contributed by atoms with Crippen LogP contribution in [-0.4, -0.2) is 47.5 Å². The minimum atomic E-state index is -0.500. The maximum Gasteiger partial charge on any atom is 0.416 e. The Morgan fingerprint density at radius 3 is 2.32 bits per heavy atom. The van der Waals surface area contributed by atoms with Crippen LogP contribution >= 0.6 is 0 Å². The Labute approximate surface area is 165 Å². The van der Waals surface area contributed by atoms with E-state index in [0.717, 1.165) is 18.7 Å². The summed E-state index contributed by atoms with van der Waals surface area (Å²) in [4.78, 5) is 29.3. The van der Waals surface area contributed by atoms with Gasteiger partial charge in [-0.25, -0.2) is 9.69 Å². The molecule has 2 amide bonds. The molecule has 28 heavy (non-hydrogen) atoms. The summed E-state index contributed by atoms with van der Waals surface area (Å²) in [6.07, 6.45) is 0.132. The largest absolute Gasteiger partial charge is 0.447 e. The molecule has 3 atom stereocenters. The lowest BCUT2D eigenvalue weighted by Crippen LogP contribution is -2.45. The first-order valence-corrected chi connectivity index (χ1v) is 9.92. The molecule has 2 aromatic carbocycles. The lowest BCUT2D eigenvalue weighted by molar-refractivity contribution is -0.134. The lowest BCUT2D eigenvalue weighted by atomic mass is 9.95. The van der Waals surface area contributed by atoms with Gasteiger partial charge in [0.05, 0.1) is 12.0 Å². The molecule has 0 bridgehead atoms. The number of benzene rings is 2. The number of amides is 2. The number of rotatable bonds is 5. The molecule has 0 saturated carbocycles. The van der Waals surface area contributed by atoms with E-state index in [1.807, 2.05) is 48.5 Å². The summed E-state index contributed by atoms with van der Waals surface area (Å²) in [7, 11) is 0. The molecule has 4 rings (SSSR count). The summed E-state index contributed by atoms with van der Waals surface area (Å²) in [5.41, 5.74) is 2.35. The lowest BCUT2D eigenvalue weighted by Gasteiger charge is -2.24. The van der Waals surface area contributed by atoms with E-state index < -0.39 is 6.09 Å². The Morgan fingerprint density at radius 1 is 1.00 bits per heavy atom. The van der Waals surface area contributed by atoms with Crippen molar-refractivity contribution in [2.45, 2.75) is 25.9 Å². The van der Waals surface area contributed by atoms with E-state index in [0.29, 0.717) is 13.0 Å². The van der Waals surface area contributed by atoms with Crippen molar-refractivity contribution >= 4 is 12.0 Å². The van der Waals surface area contributed by atoms with Gasteiger partial charge in [-0.2, -0.15) is 0 Å². The van der Waals surface area contributed by atoms with Crippen molar-refractivity contribution in [1.82, 2.24) is 9.80 Å². The van der Waals surface area contributed by atoms with Crippen molar-refractivity contribution in [3.05, 3.63) is 71.8 Å². The molecule has 2 aromatic rings. The van der Waals surface area contributed by atoms with Gasteiger partial charge in [0.2, 0.25) is 5.91 Å². The van der Waals surface area contributed by atoms with Crippen LogP contribution < -0.4 is 0 Å². The molecule has 0 unspecified atom stereocenters. The van der Waals surface area contributed by atoms with E-state index in [1.54, 1.807) is 0 Å². The zero-order valence-electron chi connectivity index (χ0n) is 16.2. The Bertz CT molecular complexity index is 824. The van der Waals surface area contributed by atoms with Gasteiger partial charge in [0.25, 0.3) is 0 Å². The highest BCUT2D eigenvalue weighted by Crippen LogP contribution is 2.29. The summed E-state index contributed by atoms with van der Waals surface area (Å²) < 4.78 is 5.24. The molecule has 0 aliphatic carbocycles. The highest BCUT2D eigenvalue weighted by Gasteiger charge is 2.44. The molecule has 2 aliphatic rings. The number of ether oxygens (including phenoxy) is 1. The maximum absolute atomic E-state index is 13.3. The Balaban J connectivity index is 1.44. The molecule has 2 fully saturated rings. The zero-order chi connectivity index (χ0) is 19.5. The smallest absolute Gasteiger partial charge is 0.416 e. The fourth-order valence-electron chi connectivity index (χ4n) is 4.30. The number of imide groups is 1. The van der Waals surface area contributed by atoms with Crippen molar-refractivity contribution in [2.24, 2.45) is 11.8 Å². The normalized spacial score (nSPS) is 25.1. The summed E-state index contributed by atoms with van der Waals surface area (Å²) in [6.45, 7) is 4.73. The minimum Gasteiger partial charge on any atom is -0.447 e. The van der Waals surface area contributed by atoms with E-state index >= 15 is 0 Å². The van der Waals surface area contributed by atoms with Crippen LogP contribution in [0.2, 0.25) is 0 Å². The van der Waals surface area contributed by atoms with Gasteiger partial charge in [0.1, 0.15) is 6.61 Å². The van der Waals surface area contributed by atoms with Gasteiger partial charge in [0, 0.05) is 19.6 Å². The quantitative estimate of drug-likeness (QED) is 0.801. The molecule has 0 radical (unpaired) electrons. The summed E-state index contributed by atoms with van der Waals surface area (Å²) >= 11 is 0. The molecule has 5 nitrogen and oxygen atoms in total. The number of carbonyl (C=O) groups excluding carboxylic acids is 2. The van der Waals surface area contributed by atoms with Crippen molar-refractivity contribution in [3.8, 4) is 0 Å². The van der Waals surface area contributed by atoms with E-state index in [2.05, 4.69) is 24.0 Å². The summed E-state index contributed by atoms with van der Waals surface area (Å²) in [5, 5.41) is 0. The van der Waals surface area contributed by atoms with Crippen LogP contribution in [0, 0.1) is 11.8 Å². The third-order valence-electron chi connectivity index (χ3n) is 5.77. The molecule has 0 spiro atoms. The van der Waals surface area contributed by atoms with Crippen LogP contribution in [0.3, 0.4) is 0 Å². The van der Waals surface area contributed by atoms with E-state index in [4.69, 9.17) is 4.74 Å². The van der Waals surface area contributed by atoms with Crippen LogP contribution in [0.15, 0.2) is 60.7 Å². The Morgan fingerprint density at radius 2 is 1.64 bits per heavy atom. The minimum absolute atomic E-state index is 0.0912. The average molecular weight is 378 g/mol. The fourth-order valence-corrected chi connectivity index (χ4v) is 4.30. The van der Waals surface area contributed by atoms with Crippen molar-refractivity contribution in [1.29, 1.82) is 0 Å². The second-order valence-corrected chi connectivity index (χ2v) is 7.89. The average Bonchev–Trinajstić information content (AvgIpc) is 3.25. The molecule has 0 N–H and O–H groups in total. The standard InChI is InChI=1S/C23H26N2O3/c1-17-13-24(14-19-10-6-3-7-11-19)15-21(17)22(26)25-20(16-28-23(25)27)12-18-8-4-2-5-9-18/h2-11,17,20-21H,12-16H2,1H3/t17-,20+,21-/m1/s1. The highest BCUT2D eigenvalue weighted by atomic mass is 16.6. The zero-order valence-corrected chi connectivity index (χ0v) is 16.2. The fraction of sp³-hybridized carbons (Fsp3) is 0.391. The highest BCUT2D eigenvalue weighted by molar-refractivity contribution is 5.95. The summed E-state index contributed by atoms with van der Waals surface area (Å²) in [5.74, 6) is -0.0545. The first-order valence-electron chi connectivity index (χ1n) is 9.92. The number of cyclic esters (lactones) is 1. The first-order chi connectivity index (χ1) is 13.6. The second-order valence-electron chi connectivity index (χ2n) is 7.89. The number of hydrogen-bond acceptors (Lipinski definition) is 4. The number of hydrogen-bond donors (Lipinski definition) is 0. The van der Waals surface area contributed by atoms with Crippen molar-refractivity contribution in [2.75, 3.05) is 19.7 Å². The first kappa shape index (κ1) is 18.7. The van der Waals surface area contributed by atoms with Crippen LogP contribution in [0.1, 0.15) is 18.1 Å². The molecule has 146 valence electrons. The predicted molar refractivity (Wildman–Crippen MR) is 107 cm³/mol. The van der Waals surface area contributed by atoms with Gasteiger partial charge in [-0.05, 0) is 23.5 Å². The van der Waals surface area contributed by atoms with Crippen molar-refractivity contribution in [3.63, 3.8) is 0 Å². The number of likely N-dealkylation sites (tertiary alicyclic amines) is 1. The molecule has 5 heteroatoms. The SMILES string of the molecule is C[C@@H]1CN(Cc2ccccc2)C[C@H]1C(=O)N1C(=O)OC[C@@H]1Cc1ccccc1. The van der Waals surface area contributed by atoms with E-state index in [9.17, 15) is 9.59 Å². The topological polar surface area (TPSA) is 49.9 Å². The molecular weight excluding hydrogens is 352 g/mol. The van der Waals surface area contributed by atoms with Crippen LogP contribution in [0.25, 0.3) is 0 Å². The van der Waals surface area contributed by atoms with Crippen LogP contribution in [-0.2, 0) is 22.5 Å².